The Hall–Kier alpha value is -2.52. The molecule has 3 N–H and O–H groups in total. The summed E-state index contributed by atoms with van der Waals surface area (Å²) in [5.41, 5.74) is -1.16. The van der Waals surface area contributed by atoms with Crippen LogP contribution in [0.3, 0.4) is 0 Å². The average Bonchev–Trinajstić information content (AvgIpc) is 2.54. The molecule has 0 saturated heterocycles. The summed E-state index contributed by atoms with van der Waals surface area (Å²) >= 11 is 0. The molecule has 0 atom stereocenters. The molecule has 152 valence electrons. The van der Waals surface area contributed by atoms with Crippen molar-refractivity contribution in [2.24, 2.45) is 4.99 Å². The number of alkyl halides is 3. The fourth-order valence-corrected chi connectivity index (χ4v) is 1.91. The van der Waals surface area contributed by atoms with Gasteiger partial charge < -0.3 is 20.7 Å². The van der Waals surface area contributed by atoms with Crippen molar-refractivity contribution in [3.8, 4) is 5.88 Å². The number of hydrogen-bond donors (Lipinski definition) is 3. The van der Waals surface area contributed by atoms with Crippen LogP contribution in [0.2, 0.25) is 0 Å². The van der Waals surface area contributed by atoms with Crippen molar-refractivity contribution < 1.29 is 22.7 Å². The van der Waals surface area contributed by atoms with Crippen LogP contribution in [-0.2, 0) is 11.0 Å². The van der Waals surface area contributed by atoms with Crippen LogP contribution in [0.5, 0.6) is 5.88 Å². The molecule has 0 aromatic carbocycles. The van der Waals surface area contributed by atoms with Crippen LogP contribution < -0.4 is 20.7 Å². The summed E-state index contributed by atoms with van der Waals surface area (Å²) in [5, 5.41) is 8.76. The molecule has 0 spiro atoms. The first-order valence-corrected chi connectivity index (χ1v) is 8.50. The Labute approximate surface area is 156 Å². The van der Waals surface area contributed by atoms with Crippen LogP contribution >= 0.6 is 0 Å². The Morgan fingerprint density at radius 1 is 1.22 bits per heavy atom. The second kappa shape index (κ2) is 9.98. The molecule has 0 fully saturated rings. The van der Waals surface area contributed by atoms with Crippen LogP contribution in [0.25, 0.3) is 0 Å². The molecule has 0 unspecified atom stereocenters. The Kier molecular flexibility index (Phi) is 8.32. The maximum Gasteiger partial charge on any atom is 0.417 e. The third-order valence-electron chi connectivity index (χ3n) is 2.95. The highest BCUT2D eigenvalue weighted by Gasteiger charge is 2.30. The minimum Gasteiger partial charge on any atom is -0.476 e. The molecule has 0 aliphatic heterocycles. The Morgan fingerprint density at radius 3 is 2.44 bits per heavy atom. The van der Waals surface area contributed by atoms with Crippen LogP contribution in [0, 0.1) is 0 Å². The van der Waals surface area contributed by atoms with Crippen molar-refractivity contribution in [1.82, 2.24) is 20.9 Å². The quantitative estimate of drug-likeness (QED) is 0.377. The monoisotopic (exact) mass is 389 g/mol. The van der Waals surface area contributed by atoms with E-state index in [4.69, 9.17) is 4.74 Å². The van der Waals surface area contributed by atoms with Crippen LogP contribution in [0.15, 0.2) is 23.3 Å². The second-order valence-electron chi connectivity index (χ2n) is 6.65. The molecule has 0 radical (unpaired) electrons. The maximum atomic E-state index is 12.5. The zero-order valence-corrected chi connectivity index (χ0v) is 15.9. The van der Waals surface area contributed by atoms with E-state index < -0.39 is 11.7 Å². The Balaban J connectivity index is 2.44. The van der Waals surface area contributed by atoms with Gasteiger partial charge in [-0.1, -0.05) is 0 Å². The van der Waals surface area contributed by atoms with Crippen molar-refractivity contribution in [2.75, 3.05) is 26.2 Å². The van der Waals surface area contributed by atoms with Gasteiger partial charge in [0.25, 0.3) is 0 Å². The highest BCUT2D eigenvalue weighted by Crippen LogP contribution is 2.29. The minimum absolute atomic E-state index is 0.0338. The van der Waals surface area contributed by atoms with E-state index in [9.17, 15) is 18.0 Å². The number of rotatable bonds is 7. The molecule has 0 aliphatic rings. The van der Waals surface area contributed by atoms with Gasteiger partial charge in [-0.25, -0.2) is 9.98 Å². The molecule has 1 amide bonds. The molecule has 1 aromatic heterocycles. The first-order chi connectivity index (χ1) is 12.5. The van der Waals surface area contributed by atoms with E-state index >= 15 is 0 Å². The molecule has 27 heavy (non-hydrogen) atoms. The van der Waals surface area contributed by atoms with E-state index in [0.717, 1.165) is 12.3 Å². The average molecular weight is 389 g/mol. The predicted octanol–water partition coefficient (Wildman–Crippen LogP) is 1.95. The summed E-state index contributed by atoms with van der Waals surface area (Å²) in [6.45, 7) is 8.59. The number of halogens is 3. The maximum absolute atomic E-state index is 12.5. The molecule has 1 heterocycles. The first kappa shape index (κ1) is 22.5. The number of aromatic nitrogens is 1. The SMILES string of the molecule is CCNC(=NCC(=O)NC(C)(C)C)NCCOc1ccc(C(F)(F)F)cn1. The van der Waals surface area contributed by atoms with Gasteiger partial charge in [-0.05, 0) is 33.8 Å². The second-order valence-corrected chi connectivity index (χ2v) is 6.65. The molecule has 1 aromatic rings. The standard InChI is InChI=1S/C17H26F3N5O2/c1-5-21-15(24-11-13(26)25-16(2,3)4)22-8-9-27-14-7-6-12(10-23-14)17(18,19)20/h6-7,10H,5,8-9,11H2,1-4H3,(H,25,26)(H2,21,22,24). The molecule has 0 saturated carbocycles. The third kappa shape index (κ3) is 9.66. The fourth-order valence-electron chi connectivity index (χ4n) is 1.91. The minimum atomic E-state index is -4.43. The zero-order valence-electron chi connectivity index (χ0n) is 15.9. The van der Waals surface area contributed by atoms with Crippen molar-refractivity contribution in [1.29, 1.82) is 0 Å². The topological polar surface area (TPSA) is 87.6 Å². The Bertz CT molecular complexity index is 625. The van der Waals surface area contributed by atoms with E-state index in [0.29, 0.717) is 19.0 Å². The molecule has 1 rings (SSSR count). The fraction of sp³-hybridized carbons (Fsp3) is 0.588. The van der Waals surface area contributed by atoms with Crippen molar-refractivity contribution in [3.05, 3.63) is 23.9 Å². The highest BCUT2D eigenvalue weighted by molar-refractivity contribution is 5.85. The molecule has 0 bridgehead atoms. The number of aliphatic imine (C=N–C) groups is 1. The van der Waals surface area contributed by atoms with Gasteiger partial charge in [-0.15, -0.1) is 0 Å². The van der Waals surface area contributed by atoms with Gasteiger partial charge in [0.15, 0.2) is 5.96 Å². The van der Waals surface area contributed by atoms with Crippen LogP contribution in [0.1, 0.15) is 33.3 Å². The number of ether oxygens (including phenoxy) is 1. The summed E-state index contributed by atoms with van der Waals surface area (Å²) < 4.78 is 42.7. The summed E-state index contributed by atoms with van der Waals surface area (Å²) in [6, 6.07) is 2.08. The van der Waals surface area contributed by atoms with Gasteiger partial charge in [0, 0.05) is 24.3 Å². The lowest BCUT2D eigenvalue weighted by Gasteiger charge is -2.20. The van der Waals surface area contributed by atoms with E-state index in [1.54, 1.807) is 0 Å². The predicted molar refractivity (Wildman–Crippen MR) is 96.6 cm³/mol. The number of amides is 1. The van der Waals surface area contributed by atoms with E-state index in [1.165, 1.54) is 6.07 Å². The van der Waals surface area contributed by atoms with Gasteiger partial charge in [-0.3, -0.25) is 4.79 Å². The number of hydrogen-bond acceptors (Lipinski definition) is 4. The lowest BCUT2D eigenvalue weighted by molar-refractivity contribution is -0.137. The van der Waals surface area contributed by atoms with E-state index in [2.05, 4.69) is 25.9 Å². The van der Waals surface area contributed by atoms with Gasteiger partial charge in [-0.2, -0.15) is 13.2 Å². The number of nitrogens with zero attached hydrogens (tertiary/aromatic N) is 2. The molecule has 0 aliphatic carbocycles. The molecule has 10 heteroatoms. The number of carbonyl (C=O) groups excluding carboxylic acids is 1. The van der Waals surface area contributed by atoms with E-state index in [1.807, 2.05) is 27.7 Å². The van der Waals surface area contributed by atoms with Crippen LogP contribution in [-0.4, -0.2) is 48.6 Å². The normalized spacial score (nSPS) is 12.5. The zero-order chi connectivity index (χ0) is 20.5. The Morgan fingerprint density at radius 2 is 1.93 bits per heavy atom. The number of pyridine rings is 1. The lowest BCUT2D eigenvalue weighted by Crippen LogP contribution is -2.43. The first-order valence-electron chi connectivity index (χ1n) is 8.50. The van der Waals surface area contributed by atoms with Crippen molar-refractivity contribution in [2.45, 2.75) is 39.4 Å². The van der Waals surface area contributed by atoms with Gasteiger partial charge in [0.1, 0.15) is 13.2 Å². The smallest absolute Gasteiger partial charge is 0.417 e. The van der Waals surface area contributed by atoms with Gasteiger partial charge in [0.2, 0.25) is 11.8 Å². The lowest BCUT2D eigenvalue weighted by atomic mass is 10.1. The third-order valence-corrected chi connectivity index (χ3v) is 2.95. The van der Waals surface area contributed by atoms with Crippen molar-refractivity contribution >= 4 is 11.9 Å². The number of guanidine groups is 1. The largest absolute Gasteiger partial charge is 0.476 e. The summed E-state index contributed by atoms with van der Waals surface area (Å²) in [7, 11) is 0. The van der Waals surface area contributed by atoms with Crippen molar-refractivity contribution in [3.63, 3.8) is 0 Å². The molecular formula is C17H26F3N5O2. The molecule has 7 nitrogen and oxygen atoms in total. The highest BCUT2D eigenvalue weighted by atomic mass is 19.4. The number of carbonyl (C=O) groups is 1. The van der Waals surface area contributed by atoms with E-state index in [-0.39, 0.29) is 30.5 Å². The summed E-state index contributed by atoms with van der Waals surface area (Å²) in [6.07, 6.45) is -3.70. The van der Waals surface area contributed by atoms with Gasteiger partial charge >= 0.3 is 6.18 Å². The van der Waals surface area contributed by atoms with Crippen LogP contribution in [0.4, 0.5) is 13.2 Å². The number of nitrogens with one attached hydrogen (secondary N) is 3. The summed E-state index contributed by atoms with van der Waals surface area (Å²) in [5.74, 6) is 0.326. The summed E-state index contributed by atoms with van der Waals surface area (Å²) in [4.78, 5) is 19.6. The van der Waals surface area contributed by atoms with Gasteiger partial charge in [0.05, 0.1) is 12.1 Å². The molecular weight excluding hydrogens is 363 g/mol.